The largest absolute Gasteiger partial charge is 0.353 e. The fourth-order valence-corrected chi connectivity index (χ4v) is 2.77. The third-order valence-electron chi connectivity index (χ3n) is 4.20. The molecule has 0 aromatic carbocycles. The lowest BCUT2D eigenvalue weighted by molar-refractivity contribution is 0.138. The third kappa shape index (κ3) is 3.07. The van der Waals surface area contributed by atoms with Crippen molar-refractivity contribution in [2.45, 2.75) is 46.1 Å². The highest BCUT2D eigenvalue weighted by Crippen LogP contribution is 2.28. The van der Waals surface area contributed by atoms with Crippen LogP contribution in [-0.4, -0.2) is 47.1 Å². The molecule has 0 unspecified atom stereocenters. The quantitative estimate of drug-likeness (QED) is 0.803. The summed E-state index contributed by atoms with van der Waals surface area (Å²) in [4.78, 5) is 13.9. The normalized spacial score (nSPS) is 19.4. The minimum Gasteiger partial charge on any atom is -0.353 e. The summed E-state index contributed by atoms with van der Waals surface area (Å²) in [7, 11) is 2.18. The standard InChI is InChI=1S/C15H25ClN4/c1-6-7-12-17-13(16)11(2)14(18-12)20-9-8-19(5)15(3,4)10-20/h6-10H2,1-5H3. The first-order chi connectivity index (χ1) is 9.35. The van der Waals surface area contributed by atoms with Gasteiger partial charge < -0.3 is 4.90 Å². The number of hydrogen-bond acceptors (Lipinski definition) is 4. The highest BCUT2D eigenvalue weighted by molar-refractivity contribution is 6.30. The molecule has 0 spiro atoms. The van der Waals surface area contributed by atoms with Gasteiger partial charge in [-0.2, -0.15) is 0 Å². The monoisotopic (exact) mass is 296 g/mol. The summed E-state index contributed by atoms with van der Waals surface area (Å²) < 4.78 is 0. The van der Waals surface area contributed by atoms with Gasteiger partial charge in [0.1, 0.15) is 16.8 Å². The molecule has 0 N–H and O–H groups in total. The van der Waals surface area contributed by atoms with E-state index in [1.807, 2.05) is 6.92 Å². The van der Waals surface area contributed by atoms with E-state index in [0.29, 0.717) is 5.15 Å². The Labute approximate surface area is 127 Å². The van der Waals surface area contributed by atoms with Crippen LogP contribution < -0.4 is 4.90 Å². The Hall–Kier alpha value is -0.870. The van der Waals surface area contributed by atoms with E-state index in [4.69, 9.17) is 16.6 Å². The van der Waals surface area contributed by atoms with E-state index in [0.717, 1.165) is 49.7 Å². The Kier molecular flexibility index (Phi) is 4.55. The van der Waals surface area contributed by atoms with Gasteiger partial charge in [-0.15, -0.1) is 0 Å². The summed E-state index contributed by atoms with van der Waals surface area (Å²) in [5.74, 6) is 1.87. The number of likely N-dealkylation sites (N-methyl/N-ethyl adjacent to an activating group) is 1. The summed E-state index contributed by atoms with van der Waals surface area (Å²) in [6, 6.07) is 0. The highest BCUT2D eigenvalue weighted by atomic mass is 35.5. The number of aromatic nitrogens is 2. The minimum absolute atomic E-state index is 0.146. The Balaban J connectivity index is 2.32. The number of anilines is 1. The van der Waals surface area contributed by atoms with Crippen LogP contribution in [0.1, 0.15) is 38.6 Å². The molecule has 0 bridgehead atoms. The van der Waals surface area contributed by atoms with Gasteiger partial charge in [-0.3, -0.25) is 4.90 Å². The van der Waals surface area contributed by atoms with Gasteiger partial charge in [0.2, 0.25) is 0 Å². The van der Waals surface area contributed by atoms with Gasteiger partial charge in [0.15, 0.2) is 0 Å². The Morgan fingerprint density at radius 1 is 1.25 bits per heavy atom. The number of rotatable bonds is 3. The summed E-state index contributed by atoms with van der Waals surface area (Å²) >= 11 is 6.29. The first-order valence-corrected chi connectivity index (χ1v) is 7.72. The number of aryl methyl sites for hydroxylation is 1. The molecule has 2 rings (SSSR count). The molecule has 1 aliphatic heterocycles. The van der Waals surface area contributed by atoms with Crippen molar-refractivity contribution >= 4 is 17.4 Å². The number of piperazine rings is 1. The third-order valence-corrected chi connectivity index (χ3v) is 4.56. The van der Waals surface area contributed by atoms with Gasteiger partial charge in [0.05, 0.1) is 0 Å². The van der Waals surface area contributed by atoms with Crippen molar-refractivity contribution in [3.8, 4) is 0 Å². The molecule has 5 heteroatoms. The zero-order valence-electron chi connectivity index (χ0n) is 13.2. The average Bonchev–Trinajstić information content (AvgIpc) is 2.37. The Morgan fingerprint density at radius 3 is 2.55 bits per heavy atom. The van der Waals surface area contributed by atoms with Crippen molar-refractivity contribution in [3.63, 3.8) is 0 Å². The summed E-state index contributed by atoms with van der Waals surface area (Å²) in [6.07, 6.45) is 1.91. The maximum absolute atomic E-state index is 6.29. The zero-order valence-corrected chi connectivity index (χ0v) is 14.0. The molecule has 112 valence electrons. The van der Waals surface area contributed by atoms with Crippen LogP contribution in [0.4, 0.5) is 5.82 Å². The van der Waals surface area contributed by atoms with Crippen molar-refractivity contribution in [2.75, 3.05) is 31.6 Å². The van der Waals surface area contributed by atoms with Crippen molar-refractivity contribution in [1.82, 2.24) is 14.9 Å². The molecule has 4 nitrogen and oxygen atoms in total. The van der Waals surface area contributed by atoms with Gasteiger partial charge in [0.25, 0.3) is 0 Å². The predicted octanol–water partition coefficient (Wildman–Crippen LogP) is 2.92. The van der Waals surface area contributed by atoms with E-state index in [9.17, 15) is 0 Å². The van der Waals surface area contributed by atoms with Crippen molar-refractivity contribution in [3.05, 3.63) is 16.5 Å². The van der Waals surface area contributed by atoms with Crippen molar-refractivity contribution in [2.24, 2.45) is 0 Å². The Bertz CT molecular complexity index is 487. The summed E-state index contributed by atoms with van der Waals surface area (Å²) in [5.41, 5.74) is 1.14. The molecular weight excluding hydrogens is 272 g/mol. The average molecular weight is 297 g/mol. The lowest BCUT2D eigenvalue weighted by Gasteiger charge is -2.46. The molecule has 1 aromatic heterocycles. The number of halogens is 1. The first kappa shape index (κ1) is 15.5. The van der Waals surface area contributed by atoms with Gasteiger partial charge in [-0.1, -0.05) is 18.5 Å². The van der Waals surface area contributed by atoms with Crippen molar-refractivity contribution < 1.29 is 0 Å². The van der Waals surface area contributed by atoms with Crippen LogP contribution in [0.5, 0.6) is 0 Å². The lowest BCUT2D eigenvalue weighted by atomic mass is 9.99. The molecule has 2 heterocycles. The molecule has 0 atom stereocenters. The molecule has 1 fully saturated rings. The molecule has 0 aliphatic carbocycles. The maximum atomic E-state index is 6.29. The summed E-state index contributed by atoms with van der Waals surface area (Å²) in [6.45, 7) is 11.7. The highest BCUT2D eigenvalue weighted by Gasteiger charge is 2.32. The second-order valence-electron chi connectivity index (χ2n) is 6.28. The molecule has 0 amide bonds. The van der Waals surface area contributed by atoms with E-state index in [2.05, 4.69) is 42.6 Å². The fraction of sp³-hybridized carbons (Fsp3) is 0.733. The van der Waals surface area contributed by atoms with E-state index in [-0.39, 0.29) is 5.54 Å². The summed E-state index contributed by atoms with van der Waals surface area (Å²) in [5, 5.41) is 0.593. The van der Waals surface area contributed by atoms with Crippen LogP contribution in [0.25, 0.3) is 0 Å². The number of hydrogen-bond donors (Lipinski definition) is 0. The van der Waals surface area contributed by atoms with Crippen LogP contribution in [0, 0.1) is 6.92 Å². The van der Waals surface area contributed by atoms with Crippen LogP contribution in [-0.2, 0) is 6.42 Å². The second-order valence-corrected chi connectivity index (χ2v) is 6.64. The molecule has 20 heavy (non-hydrogen) atoms. The molecule has 1 aromatic rings. The molecule has 1 aliphatic rings. The van der Waals surface area contributed by atoms with Gasteiger partial charge >= 0.3 is 0 Å². The topological polar surface area (TPSA) is 32.3 Å². The minimum atomic E-state index is 0.146. The lowest BCUT2D eigenvalue weighted by Crippen LogP contribution is -2.58. The van der Waals surface area contributed by atoms with E-state index in [1.165, 1.54) is 0 Å². The van der Waals surface area contributed by atoms with Crippen molar-refractivity contribution in [1.29, 1.82) is 0 Å². The molecular formula is C15H25ClN4. The van der Waals surface area contributed by atoms with Gasteiger partial charge in [-0.05, 0) is 34.2 Å². The second kappa shape index (κ2) is 5.86. The van der Waals surface area contributed by atoms with Crippen LogP contribution in [0.2, 0.25) is 5.15 Å². The molecule has 1 saturated heterocycles. The first-order valence-electron chi connectivity index (χ1n) is 7.34. The zero-order chi connectivity index (χ0) is 14.9. The van der Waals surface area contributed by atoms with Crippen LogP contribution in [0.3, 0.4) is 0 Å². The SMILES string of the molecule is CCCc1nc(Cl)c(C)c(N2CCN(C)C(C)(C)C2)n1. The smallest absolute Gasteiger partial charge is 0.137 e. The number of nitrogens with zero attached hydrogens (tertiary/aromatic N) is 4. The Morgan fingerprint density at radius 2 is 1.95 bits per heavy atom. The van der Waals surface area contributed by atoms with E-state index >= 15 is 0 Å². The van der Waals surface area contributed by atoms with Gasteiger partial charge in [0, 0.05) is 37.2 Å². The van der Waals surface area contributed by atoms with Gasteiger partial charge in [-0.25, -0.2) is 9.97 Å². The maximum Gasteiger partial charge on any atom is 0.137 e. The predicted molar refractivity (Wildman–Crippen MR) is 84.7 cm³/mol. The van der Waals surface area contributed by atoms with E-state index < -0.39 is 0 Å². The van der Waals surface area contributed by atoms with Crippen LogP contribution in [0.15, 0.2) is 0 Å². The fourth-order valence-electron chi connectivity index (χ4n) is 2.58. The van der Waals surface area contributed by atoms with E-state index in [1.54, 1.807) is 0 Å². The van der Waals surface area contributed by atoms with Crippen LogP contribution >= 0.6 is 11.6 Å². The molecule has 0 radical (unpaired) electrons. The molecule has 0 saturated carbocycles.